The molecular formula is C17H10ClN3O3. The molecule has 118 valence electrons. The molecule has 7 heteroatoms. The number of aromatic carboxylic acids is 1. The molecule has 0 fully saturated rings. The number of oxazole rings is 1. The highest BCUT2D eigenvalue weighted by Crippen LogP contribution is 2.24. The quantitative estimate of drug-likeness (QED) is 0.692. The molecule has 1 aromatic heterocycles. The molecule has 3 rings (SSSR count). The van der Waals surface area contributed by atoms with Gasteiger partial charge in [0.1, 0.15) is 17.2 Å². The van der Waals surface area contributed by atoms with E-state index in [2.05, 4.69) is 10.3 Å². The second kappa shape index (κ2) is 6.44. The Morgan fingerprint density at radius 1 is 1.33 bits per heavy atom. The van der Waals surface area contributed by atoms with Crippen LogP contribution in [0.3, 0.4) is 0 Å². The summed E-state index contributed by atoms with van der Waals surface area (Å²) in [5.41, 5.74) is 1.61. The molecule has 0 bridgehead atoms. The lowest BCUT2D eigenvalue weighted by Gasteiger charge is -2.05. The minimum Gasteiger partial charge on any atom is -0.478 e. The van der Waals surface area contributed by atoms with Crippen molar-refractivity contribution in [1.29, 1.82) is 5.26 Å². The largest absolute Gasteiger partial charge is 0.478 e. The molecule has 0 unspecified atom stereocenters. The van der Waals surface area contributed by atoms with Gasteiger partial charge in [0.05, 0.1) is 11.3 Å². The van der Waals surface area contributed by atoms with Crippen LogP contribution in [-0.4, -0.2) is 16.1 Å². The van der Waals surface area contributed by atoms with Crippen LogP contribution in [0.15, 0.2) is 53.1 Å². The maximum absolute atomic E-state index is 11.2. The van der Waals surface area contributed by atoms with Gasteiger partial charge in [-0.05, 0) is 30.3 Å². The predicted octanol–water partition coefficient (Wildman–Crippen LogP) is 4.16. The van der Waals surface area contributed by atoms with E-state index in [1.54, 1.807) is 36.4 Å². The number of halogens is 1. The van der Waals surface area contributed by atoms with Crippen LogP contribution in [0.2, 0.25) is 5.02 Å². The van der Waals surface area contributed by atoms with E-state index >= 15 is 0 Å². The molecule has 0 aliphatic carbocycles. The molecule has 0 spiro atoms. The number of nitriles is 1. The minimum absolute atomic E-state index is 0.0930. The molecule has 0 saturated carbocycles. The number of fused-ring (bicyclic) bond motifs is 1. The van der Waals surface area contributed by atoms with E-state index in [1.807, 2.05) is 6.07 Å². The van der Waals surface area contributed by atoms with Crippen molar-refractivity contribution in [2.24, 2.45) is 0 Å². The second-order valence-electron chi connectivity index (χ2n) is 4.80. The average Bonchev–Trinajstić information content (AvgIpc) is 2.98. The average molecular weight is 340 g/mol. The zero-order valence-electron chi connectivity index (χ0n) is 12.2. The van der Waals surface area contributed by atoms with Gasteiger partial charge in [0, 0.05) is 11.2 Å². The molecule has 0 aliphatic rings. The van der Waals surface area contributed by atoms with Gasteiger partial charge in [-0.1, -0.05) is 23.7 Å². The Kier molecular flexibility index (Phi) is 4.18. The number of benzene rings is 2. The number of allylic oxidation sites excluding steroid dienone is 1. The molecule has 0 atom stereocenters. The highest BCUT2D eigenvalue weighted by molar-refractivity contribution is 6.31. The molecule has 0 aliphatic heterocycles. The fraction of sp³-hybridized carbons (Fsp3) is 0. The van der Waals surface area contributed by atoms with Crippen LogP contribution >= 0.6 is 11.6 Å². The van der Waals surface area contributed by atoms with Gasteiger partial charge >= 0.3 is 5.97 Å². The molecule has 3 aromatic rings. The molecule has 6 nitrogen and oxygen atoms in total. The molecule has 2 N–H and O–H groups in total. The van der Waals surface area contributed by atoms with E-state index in [4.69, 9.17) is 21.1 Å². The van der Waals surface area contributed by atoms with Crippen LogP contribution < -0.4 is 5.32 Å². The molecule has 0 radical (unpaired) electrons. The molecule has 0 saturated heterocycles. The maximum atomic E-state index is 11.2. The monoisotopic (exact) mass is 339 g/mol. The van der Waals surface area contributed by atoms with Crippen LogP contribution in [0.25, 0.3) is 16.7 Å². The summed E-state index contributed by atoms with van der Waals surface area (Å²) >= 11 is 5.90. The first-order chi connectivity index (χ1) is 11.6. The highest BCUT2D eigenvalue weighted by atomic mass is 35.5. The lowest BCUT2D eigenvalue weighted by atomic mass is 10.2. The number of anilines is 1. The summed E-state index contributed by atoms with van der Waals surface area (Å²) in [5.74, 6) is -0.948. The number of rotatable bonds is 4. The molecule has 2 aromatic carbocycles. The summed E-state index contributed by atoms with van der Waals surface area (Å²) < 4.78 is 5.53. The predicted molar refractivity (Wildman–Crippen MR) is 89.6 cm³/mol. The van der Waals surface area contributed by atoms with Crippen molar-refractivity contribution in [3.8, 4) is 6.07 Å². The summed E-state index contributed by atoms with van der Waals surface area (Å²) in [7, 11) is 0. The standard InChI is InChI=1S/C17H10ClN3O3/c18-11-5-6-15-14(7-11)21-16(24-15)10(8-19)9-20-13-4-2-1-3-12(13)17(22)23/h1-7,9,20H,(H,22,23). The molecule has 1 heterocycles. The number of carbonyl (C=O) groups is 1. The van der Waals surface area contributed by atoms with Gasteiger partial charge in [-0.15, -0.1) is 0 Å². The Balaban J connectivity index is 1.95. The Labute approximate surface area is 141 Å². The Morgan fingerprint density at radius 2 is 2.12 bits per heavy atom. The van der Waals surface area contributed by atoms with E-state index in [1.165, 1.54) is 12.3 Å². The molecule has 0 amide bonds. The Morgan fingerprint density at radius 3 is 2.88 bits per heavy atom. The fourth-order valence-electron chi connectivity index (χ4n) is 2.10. The third-order valence-electron chi connectivity index (χ3n) is 3.23. The summed E-state index contributed by atoms with van der Waals surface area (Å²) in [6.45, 7) is 0. The van der Waals surface area contributed by atoms with Crippen molar-refractivity contribution in [3.05, 3.63) is 65.1 Å². The third kappa shape index (κ3) is 3.07. The van der Waals surface area contributed by atoms with Crippen molar-refractivity contribution in [3.63, 3.8) is 0 Å². The SMILES string of the molecule is N#CC(=CNc1ccccc1C(=O)O)c1nc2cc(Cl)ccc2o1. The number of para-hydroxylation sites is 1. The maximum Gasteiger partial charge on any atom is 0.337 e. The van der Waals surface area contributed by atoms with E-state index in [0.717, 1.165) is 0 Å². The van der Waals surface area contributed by atoms with Crippen LogP contribution in [0, 0.1) is 11.3 Å². The number of nitrogens with one attached hydrogen (secondary N) is 1. The van der Waals surface area contributed by atoms with E-state index < -0.39 is 5.97 Å². The number of carboxylic acids is 1. The van der Waals surface area contributed by atoms with Gasteiger partial charge in [0.15, 0.2) is 5.58 Å². The van der Waals surface area contributed by atoms with Gasteiger partial charge in [-0.25, -0.2) is 9.78 Å². The van der Waals surface area contributed by atoms with Gasteiger partial charge < -0.3 is 14.8 Å². The van der Waals surface area contributed by atoms with Crippen LogP contribution in [-0.2, 0) is 0 Å². The van der Waals surface area contributed by atoms with Crippen molar-refractivity contribution in [2.45, 2.75) is 0 Å². The lowest BCUT2D eigenvalue weighted by Crippen LogP contribution is -2.02. The van der Waals surface area contributed by atoms with Crippen molar-refractivity contribution in [1.82, 2.24) is 4.98 Å². The summed E-state index contributed by atoms with van der Waals surface area (Å²) in [5, 5.41) is 21.8. The first-order valence-corrected chi connectivity index (χ1v) is 7.22. The van der Waals surface area contributed by atoms with Crippen LogP contribution in [0.5, 0.6) is 0 Å². The minimum atomic E-state index is -1.07. The first-order valence-electron chi connectivity index (χ1n) is 6.84. The van der Waals surface area contributed by atoms with Crippen molar-refractivity contribution in [2.75, 3.05) is 5.32 Å². The summed E-state index contributed by atoms with van der Waals surface area (Å²) in [6.07, 6.45) is 1.36. The van der Waals surface area contributed by atoms with Gasteiger partial charge in [-0.3, -0.25) is 0 Å². The first kappa shape index (κ1) is 15.6. The number of hydrogen-bond donors (Lipinski definition) is 2. The Hall–Kier alpha value is -3.30. The van der Waals surface area contributed by atoms with E-state index in [0.29, 0.717) is 21.8 Å². The van der Waals surface area contributed by atoms with Crippen molar-refractivity contribution < 1.29 is 14.3 Å². The molecular weight excluding hydrogens is 330 g/mol. The molecule has 24 heavy (non-hydrogen) atoms. The van der Waals surface area contributed by atoms with Gasteiger partial charge in [0.2, 0.25) is 5.89 Å². The van der Waals surface area contributed by atoms with Crippen molar-refractivity contribution >= 4 is 39.9 Å². The number of hydrogen-bond acceptors (Lipinski definition) is 5. The van der Waals surface area contributed by atoms with Crippen LogP contribution in [0.1, 0.15) is 16.2 Å². The highest BCUT2D eigenvalue weighted by Gasteiger charge is 2.12. The number of aromatic nitrogens is 1. The smallest absolute Gasteiger partial charge is 0.337 e. The van der Waals surface area contributed by atoms with E-state index in [9.17, 15) is 10.1 Å². The van der Waals surface area contributed by atoms with Gasteiger partial charge in [0.25, 0.3) is 0 Å². The normalized spacial score (nSPS) is 11.2. The second-order valence-corrected chi connectivity index (χ2v) is 5.23. The zero-order valence-corrected chi connectivity index (χ0v) is 12.9. The Bertz CT molecular complexity index is 1000. The fourth-order valence-corrected chi connectivity index (χ4v) is 2.27. The zero-order chi connectivity index (χ0) is 17.1. The number of nitrogens with zero attached hydrogens (tertiary/aromatic N) is 2. The third-order valence-corrected chi connectivity index (χ3v) is 3.47. The topological polar surface area (TPSA) is 99.2 Å². The van der Waals surface area contributed by atoms with E-state index in [-0.39, 0.29) is 17.0 Å². The number of carboxylic acid groups (broad SMARTS) is 1. The summed E-state index contributed by atoms with van der Waals surface area (Å²) in [6, 6.07) is 13.3. The van der Waals surface area contributed by atoms with Gasteiger partial charge in [-0.2, -0.15) is 5.26 Å². The van der Waals surface area contributed by atoms with Crippen LogP contribution in [0.4, 0.5) is 5.69 Å². The lowest BCUT2D eigenvalue weighted by molar-refractivity contribution is 0.0698. The summed E-state index contributed by atoms with van der Waals surface area (Å²) in [4.78, 5) is 15.4.